The van der Waals surface area contributed by atoms with Crippen LogP contribution in [0, 0.1) is 10.1 Å². The average molecular weight is 558 g/mol. The number of nitrogens with zero attached hydrogens (tertiary/aromatic N) is 4. The average Bonchev–Trinajstić information content (AvgIpc) is 3.62. The largest absolute Gasteiger partial charge is 0.496 e. The summed E-state index contributed by atoms with van der Waals surface area (Å²) in [6.07, 6.45) is 1.76. The molecule has 0 bridgehead atoms. The zero-order valence-corrected chi connectivity index (χ0v) is 22.5. The van der Waals surface area contributed by atoms with E-state index < -0.39 is 4.92 Å². The Morgan fingerprint density at radius 3 is 2.52 bits per heavy atom. The Labute approximate surface area is 236 Å². The summed E-state index contributed by atoms with van der Waals surface area (Å²) in [6.45, 7) is 3.15. The van der Waals surface area contributed by atoms with Crippen molar-refractivity contribution < 1.29 is 18.8 Å². The van der Waals surface area contributed by atoms with Crippen molar-refractivity contribution in [2.24, 2.45) is 0 Å². The number of methoxy groups -OCH3 is 1. The van der Waals surface area contributed by atoms with Crippen LogP contribution in [0.4, 0.5) is 17.1 Å². The number of rotatable bonds is 7. The molecule has 0 saturated carbocycles. The minimum atomic E-state index is -0.454. The molecule has 0 aliphatic carbocycles. The molecule has 4 aromatic rings. The Bertz CT molecular complexity index is 1520. The van der Waals surface area contributed by atoms with Crippen LogP contribution in [0.25, 0.3) is 11.3 Å². The summed E-state index contributed by atoms with van der Waals surface area (Å²) in [4.78, 5) is 19.8. The van der Waals surface area contributed by atoms with Crippen LogP contribution in [0.5, 0.6) is 5.75 Å². The molecule has 0 unspecified atom stereocenters. The predicted molar refractivity (Wildman–Crippen MR) is 155 cm³/mol. The normalized spacial score (nSPS) is 19.0. The summed E-state index contributed by atoms with van der Waals surface area (Å²) in [6, 6.07) is 21.7. The smallest absolute Gasteiger partial charge is 0.273 e. The maximum atomic E-state index is 11.3. The minimum absolute atomic E-state index is 0.0559. The van der Waals surface area contributed by atoms with Crippen molar-refractivity contribution in [3.05, 3.63) is 101 Å². The van der Waals surface area contributed by atoms with Gasteiger partial charge in [0.2, 0.25) is 0 Å². The number of pyridine rings is 1. The molecule has 0 amide bonds. The van der Waals surface area contributed by atoms with Crippen LogP contribution in [-0.2, 0) is 4.74 Å². The van der Waals surface area contributed by atoms with Gasteiger partial charge in [-0.25, -0.2) is 0 Å². The molecule has 2 fully saturated rings. The Hall–Kier alpha value is -4.48. The fraction of sp³-hybridized carbons (Fsp3) is 0.241. The number of anilines is 2. The second kappa shape index (κ2) is 10.9. The highest BCUT2D eigenvalue weighted by molar-refractivity contribution is 7.80. The molecule has 0 spiro atoms. The SMILES string of the molecule is COc1cc([N+](=O)[O-])ccc1-c1ccc([C@H]2[C@H](c3ccccn3)NC(=S)N2c2ccc(N3CCOCC3)cc2)o1. The van der Waals surface area contributed by atoms with Gasteiger partial charge in [0.25, 0.3) is 5.69 Å². The van der Waals surface area contributed by atoms with Crippen molar-refractivity contribution in [2.75, 3.05) is 43.2 Å². The Kier molecular flexibility index (Phi) is 7.06. The van der Waals surface area contributed by atoms with E-state index in [2.05, 4.69) is 39.5 Å². The number of non-ortho nitro benzene ring substituents is 1. The second-order valence-corrected chi connectivity index (χ2v) is 9.84. The molecule has 6 rings (SSSR count). The highest BCUT2D eigenvalue weighted by Crippen LogP contribution is 2.44. The Morgan fingerprint density at radius 1 is 1.05 bits per heavy atom. The number of hydrogen-bond acceptors (Lipinski definition) is 8. The predicted octanol–water partition coefficient (Wildman–Crippen LogP) is 5.27. The number of ether oxygens (including phenoxy) is 2. The Morgan fingerprint density at radius 2 is 1.82 bits per heavy atom. The van der Waals surface area contributed by atoms with Crippen molar-refractivity contribution >= 4 is 34.4 Å². The van der Waals surface area contributed by atoms with E-state index in [4.69, 9.17) is 26.1 Å². The van der Waals surface area contributed by atoms with Crippen LogP contribution in [-0.4, -0.2) is 48.4 Å². The van der Waals surface area contributed by atoms with E-state index in [0.29, 0.717) is 27.9 Å². The number of nitro groups is 1. The third-order valence-electron chi connectivity index (χ3n) is 7.18. The van der Waals surface area contributed by atoms with Crippen LogP contribution in [0.1, 0.15) is 23.5 Å². The third kappa shape index (κ3) is 4.85. The first kappa shape index (κ1) is 25.8. The lowest BCUT2D eigenvalue weighted by atomic mass is 10.0. The monoisotopic (exact) mass is 557 g/mol. The van der Waals surface area contributed by atoms with Gasteiger partial charge in [0, 0.05) is 36.7 Å². The number of benzene rings is 2. The van der Waals surface area contributed by atoms with Gasteiger partial charge in [-0.05, 0) is 66.8 Å². The molecule has 2 aromatic heterocycles. The molecule has 1 N–H and O–H groups in total. The van der Waals surface area contributed by atoms with E-state index in [0.717, 1.165) is 43.4 Å². The summed E-state index contributed by atoms with van der Waals surface area (Å²) >= 11 is 5.85. The van der Waals surface area contributed by atoms with E-state index in [1.165, 1.54) is 19.2 Å². The number of furan rings is 1. The zero-order chi connectivity index (χ0) is 27.6. The molecule has 2 aliphatic rings. The van der Waals surface area contributed by atoms with Gasteiger partial charge in [-0.1, -0.05) is 6.07 Å². The van der Waals surface area contributed by atoms with Crippen LogP contribution in [0.2, 0.25) is 0 Å². The van der Waals surface area contributed by atoms with Crippen molar-refractivity contribution in [3.63, 3.8) is 0 Å². The van der Waals surface area contributed by atoms with E-state index >= 15 is 0 Å². The van der Waals surface area contributed by atoms with Crippen molar-refractivity contribution in [1.29, 1.82) is 0 Å². The van der Waals surface area contributed by atoms with Crippen LogP contribution >= 0.6 is 12.2 Å². The van der Waals surface area contributed by atoms with Crippen LogP contribution < -0.4 is 19.9 Å². The van der Waals surface area contributed by atoms with Gasteiger partial charge in [-0.2, -0.15) is 0 Å². The van der Waals surface area contributed by atoms with E-state index in [1.54, 1.807) is 12.3 Å². The quantitative estimate of drug-likeness (QED) is 0.183. The lowest BCUT2D eigenvalue weighted by molar-refractivity contribution is -0.384. The van der Waals surface area contributed by atoms with Crippen LogP contribution in [0.3, 0.4) is 0 Å². The van der Waals surface area contributed by atoms with Gasteiger partial charge in [0.1, 0.15) is 23.3 Å². The number of morpholine rings is 1. The summed E-state index contributed by atoms with van der Waals surface area (Å²) in [7, 11) is 1.48. The lowest BCUT2D eigenvalue weighted by Gasteiger charge is -2.30. The maximum Gasteiger partial charge on any atom is 0.273 e. The summed E-state index contributed by atoms with van der Waals surface area (Å²) in [5.41, 5.74) is 3.44. The highest BCUT2D eigenvalue weighted by Gasteiger charge is 2.42. The molecule has 204 valence electrons. The van der Waals surface area contributed by atoms with Crippen molar-refractivity contribution in [2.45, 2.75) is 12.1 Å². The molecular formula is C29H27N5O5S. The lowest BCUT2D eigenvalue weighted by Crippen LogP contribution is -2.36. The fourth-order valence-electron chi connectivity index (χ4n) is 5.22. The number of hydrogen-bond donors (Lipinski definition) is 1. The van der Waals surface area contributed by atoms with Gasteiger partial charge in [-0.3, -0.25) is 15.1 Å². The zero-order valence-electron chi connectivity index (χ0n) is 21.7. The Balaban J connectivity index is 1.38. The number of aromatic nitrogens is 1. The first-order valence-corrected chi connectivity index (χ1v) is 13.3. The molecule has 40 heavy (non-hydrogen) atoms. The van der Waals surface area contributed by atoms with Gasteiger partial charge in [-0.15, -0.1) is 0 Å². The second-order valence-electron chi connectivity index (χ2n) is 9.46. The molecule has 2 saturated heterocycles. The standard InChI is InChI=1S/C29H27N5O5S/c1-37-26-18-21(34(35)36)9-10-22(26)24-11-12-25(39-24)28-27(23-4-2-3-13-30-23)31-29(40)33(28)20-7-5-19(6-8-20)32-14-16-38-17-15-32/h2-13,18,27-28H,14-17H2,1H3,(H,31,40)/t27-,28-/m0/s1. The molecule has 10 nitrogen and oxygen atoms in total. The summed E-state index contributed by atoms with van der Waals surface area (Å²) in [5, 5.41) is 15.3. The molecule has 2 atom stereocenters. The third-order valence-corrected chi connectivity index (χ3v) is 7.50. The maximum absolute atomic E-state index is 11.3. The molecule has 0 radical (unpaired) electrons. The topological polar surface area (TPSA) is 106 Å². The molecule has 11 heteroatoms. The van der Waals surface area contributed by atoms with Crippen molar-refractivity contribution in [3.8, 4) is 17.1 Å². The van der Waals surface area contributed by atoms with Crippen LogP contribution in [0.15, 0.2) is 83.4 Å². The first-order chi connectivity index (χ1) is 19.5. The van der Waals surface area contributed by atoms with Gasteiger partial charge in [0.15, 0.2) is 5.11 Å². The molecule has 2 aliphatic heterocycles. The summed E-state index contributed by atoms with van der Waals surface area (Å²) < 4.78 is 17.4. The van der Waals surface area contributed by atoms with Gasteiger partial charge >= 0.3 is 0 Å². The number of nitrogens with one attached hydrogen (secondary N) is 1. The summed E-state index contributed by atoms with van der Waals surface area (Å²) in [5.74, 6) is 1.55. The van der Waals surface area contributed by atoms with Gasteiger partial charge in [0.05, 0.1) is 48.6 Å². The molecule has 2 aromatic carbocycles. The number of thiocarbonyl (C=S) groups is 1. The van der Waals surface area contributed by atoms with Crippen molar-refractivity contribution in [1.82, 2.24) is 10.3 Å². The molecular weight excluding hydrogens is 530 g/mol. The molecule has 4 heterocycles. The van der Waals surface area contributed by atoms with E-state index in [1.807, 2.05) is 35.2 Å². The van der Waals surface area contributed by atoms with E-state index in [-0.39, 0.29) is 17.8 Å². The van der Waals surface area contributed by atoms with Gasteiger partial charge < -0.3 is 29.0 Å². The fourth-order valence-corrected chi connectivity index (χ4v) is 5.57. The van der Waals surface area contributed by atoms with E-state index in [9.17, 15) is 10.1 Å². The minimum Gasteiger partial charge on any atom is -0.496 e. The highest BCUT2D eigenvalue weighted by atomic mass is 32.1. The number of nitro benzene ring substituents is 1. The first-order valence-electron chi connectivity index (χ1n) is 12.9.